The number of nitrogens with zero attached hydrogens (tertiary/aromatic N) is 5. The highest BCUT2D eigenvalue weighted by Crippen LogP contribution is 2.43. The van der Waals surface area contributed by atoms with Gasteiger partial charge in [-0.2, -0.15) is 0 Å². The number of aliphatic imine (C=N–C) groups is 1. The predicted octanol–water partition coefficient (Wildman–Crippen LogP) is 5.34. The predicted molar refractivity (Wildman–Crippen MR) is 209 cm³/mol. The maximum absolute atomic E-state index is 14.5. The molecule has 0 spiro atoms. The van der Waals surface area contributed by atoms with Crippen molar-refractivity contribution in [2.24, 2.45) is 22.7 Å². The maximum atomic E-state index is 14.5. The molecule has 0 radical (unpaired) electrons. The highest BCUT2D eigenvalue weighted by Gasteiger charge is 2.44. The van der Waals surface area contributed by atoms with E-state index < -0.39 is 39.5 Å². The molecule has 1 aromatic heterocycles. The van der Waals surface area contributed by atoms with Gasteiger partial charge in [-0.25, -0.2) is 32.1 Å². The van der Waals surface area contributed by atoms with Crippen LogP contribution >= 0.6 is 0 Å². The third-order valence-corrected chi connectivity index (χ3v) is 11.4. The van der Waals surface area contributed by atoms with Crippen molar-refractivity contribution in [1.82, 2.24) is 29.4 Å². The van der Waals surface area contributed by atoms with E-state index in [1.165, 1.54) is 17.7 Å². The zero-order valence-corrected chi connectivity index (χ0v) is 34.4. The van der Waals surface area contributed by atoms with E-state index in [9.17, 15) is 27.6 Å². The summed E-state index contributed by atoms with van der Waals surface area (Å²) in [6.45, 7) is 12.5. The zero-order valence-electron chi connectivity index (χ0n) is 33.6. The van der Waals surface area contributed by atoms with Gasteiger partial charge in [0.2, 0.25) is 21.9 Å². The molecular weight excluding hydrogens is 745 g/mol. The van der Waals surface area contributed by atoms with Crippen LogP contribution in [0.25, 0.3) is 11.3 Å². The molecule has 3 fully saturated rings. The minimum absolute atomic E-state index is 0.00354. The normalized spacial score (nSPS) is 20.8. The number of piperidine rings is 2. The molecule has 2 aromatic rings. The number of rotatable bonds is 6. The van der Waals surface area contributed by atoms with Crippen molar-refractivity contribution < 1.29 is 41.8 Å². The van der Waals surface area contributed by atoms with E-state index in [1.54, 1.807) is 64.8 Å². The smallest absolute Gasteiger partial charge is 0.437 e. The van der Waals surface area contributed by atoms with Gasteiger partial charge in [-0.3, -0.25) is 15.4 Å². The summed E-state index contributed by atoms with van der Waals surface area (Å²) in [6, 6.07) is 6.89. The lowest BCUT2D eigenvalue weighted by molar-refractivity contribution is -0.138. The lowest BCUT2D eigenvalue weighted by Crippen LogP contribution is -2.51. The first-order valence-corrected chi connectivity index (χ1v) is 20.9. The third kappa shape index (κ3) is 11.4. The Morgan fingerprint density at radius 3 is 2.07 bits per heavy atom. The number of aromatic amines is 1. The second-order valence-corrected chi connectivity index (χ2v) is 18.7. The number of methoxy groups -OCH3 is 1. The van der Waals surface area contributed by atoms with Gasteiger partial charge >= 0.3 is 18.3 Å². The molecule has 2 atom stereocenters. The monoisotopic (exact) mass is 800 g/mol. The molecule has 1 aromatic carbocycles. The number of imidazole rings is 1. The number of hydrogen-bond donors (Lipinski definition) is 3. The van der Waals surface area contributed by atoms with Crippen LogP contribution in [0, 0.1) is 17.8 Å². The Balaban J connectivity index is 1.33. The van der Waals surface area contributed by atoms with E-state index in [2.05, 4.69) is 25.3 Å². The van der Waals surface area contributed by atoms with E-state index in [-0.39, 0.29) is 35.7 Å². The van der Waals surface area contributed by atoms with Gasteiger partial charge in [0, 0.05) is 44.3 Å². The Bertz CT molecular complexity index is 1870. The molecule has 3 N–H and O–H groups in total. The Labute approximate surface area is 329 Å². The lowest BCUT2D eigenvalue weighted by atomic mass is 9.83. The van der Waals surface area contributed by atoms with Crippen molar-refractivity contribution in [3.8, 4) is 11.3 Å². The van der Waals surface area contributed by atoms with Crippen LogP contribution in [0.1, 0.15) is 85.5 Å². The molecule has 18 heteroatoms. The Hall–Kier alpha value is -4.71. The molecule has 5 rings (SSSR count). The van der Waals surface area contributed by atoms with Crippen LogP contribution in [0.5, 0.6) is 0 Å². The fourth-order valence-corrected chi connectivity index (χ4v) is 8.34. The summed E-state index contributed by atoms with van der Waals surface area (Å²) >= 11 is 0. The van der Waals surface area contributed by atoms with Gasteiger partial charge in [-0.15, -0.1) is 4.99 Å². The van der Waals surface area contributed by atoms with E-state index in [0.29, 0.717) is 76.3 Å². The largest absolute Gasteiger partial charge is 0.453 e. The molecule has 0 unspecified atom stereocenters. The zero-order chi connectivity index (χ0) is 41.0. The van der Waals surface area contributed by atoms with Crippen LogP contribution in [0.4, 0.5) is 20.1 Å². The minimum atomic E-state index is -3.28. The van der Waals surface area contributed by atoms with Crippen LogP contribution in [-0.2, 0) is 29.0 Å². The minimum Gasteiger partial charge on any atom is -0.453 e. The number of H-pyrrole nitrogens is 1. The molecule has 0 aliphatic carbocycles. The number of carbonyl (C=O) groups is 4. The van der Waals surface area contributed by atoms with Crippen molar-refractivity contribution >= 4 is 45.9 Å². The van der Waals surface area contributed by atoms with E-state index in [1.807, 2.05) is 17.0 Å². The molecule has 308 valence electrons. The van der Waals surface area contributed by atoms with Gasteiger partial charge < -0.3 is 29.0 Å². The fourth-order valence-electron chi connectivity index (χ4n) is 7.46. The Morgan fingerprint density at radius 1 is 0.875 bits per heavy atom. The number of guanidine groups is 1. The first-order chi connectivity index (χ1) is 26.2. The van der Waals surface area contributed by atoms with E-state index in [4.69, 9.17) is 14.5 Å². The fraction of sp³-hybridized carbons (Fsp3) is 0.632. The summed E-state index contributed by atoms with van der Waals surface area (Å²) in [5.41, 5.74) is 0.597. The SMILES string of the molecule is COC(=O)Nc1ccc(-c2cnc([C@@H]3C[C@H](C4CCN(S(C)(=O)=O)CC4)CN3C(=O)C3CCN(C(=NC(=O)OC(C)(C)C)NC(=O)OC(C)(C)C)CC3)[nH]2)cc1. The van der Waals surface area contributed by atoms with Crippen molar-refractivity contribution in [1.29, 1.82) is 0 Å². The number of amides is 4. The van der Waals surface area contributed by atoms with E-state index >= 15 is 0 Å². The molecule has 17 nitrogen and oxygen atoms in total. The van der Waals surface area contributed by atoms with Crippen molar-refractivity contribution in [3.05, 3.63) is 36.3 Å². The molecule has 4 heterocycles. The molecule has 56 heavy (non-hydrogen) atoms. The highest BCUT2D eigenvalue weighted by atomic mass is 32.2. The molecule has 3 saturated heterocycles. The van der Waals surface area contributed by atoms with Gasteiger partial charge in [0.15, 0.2) is 0 Å². The van der Waals surface area contributed by atoms with E-state index in [0.717, 1.165) is 11.3 Å². The van der Waals surface area contributed by atoms with Crippen LogP contribution in [0.2, 0.25) is 0 Å². The quantitative estimate of drug-likeness (QED) is 0.193. The van der Waals surface area contributed by atoms with Crippen LogP contribution < -0.4 is 10.6 Å². The van der Waals surface area contributed by atoms with Crippen LogP contribution in [0.3, 0.4) is 0 Å². The summed E-state index contributed by atoms with van der Waals surface area (Å²) in [7, 11) is -1.98. The first-order valence-electron chi connectivity index (χ1n) is 19.0. The molecule has 0 saturated carbocycles. The maximum Gasteiger partial charge on any atom is 0.437 e. The van der Waals surface area contributed by atoms with Gasteiger partial charge in [-0.05, 0) is 103 Å². The number of anilines is 1. The average Bonchev–Trinajstić information content (AvgIpc) is 3.78. The summed E-state index contributed by atoms with van der Waals surface area (Å²) in [4.78, 5) is 67.6. The molecule has 3 aliphatic rings. The van der Waals surface area contributed by atoms with Gasteiger partial charge in [0.05, 0.1) is 31.3 Å². The number of benzene rings is 1. The average molecular weight is 801 g/mol. The number of ether oxygens (including phenoxy) is 3. The lowest BCUT2D eigenvalue weighted by Gasteiger charge is -2.36. The van der Waals surface area contributed by atoms with Gasteiger partial charge in [-0.1, -0.05) is 12.1 Å². The summed E-state index contributed by atoms with van der Waals surface area (Å²) in [5, 5.41) is 5.25. The third-order valence-electron chi connectivity index (χ3n) is 10.1. The van der Waals surface area contributed by atoms with Crippen molar-refractivity contribution in [3.63, 3.8) is 0 Å². The van der Waals surface area contributed by atoms with Crippen molar-refractivity contribution in [2.75, 3.05) is 51.4 Å². The number of alkyl carbamates (subject to hydrolysis) is 1. The molecule has 3 aliphatic heterocycles. The topological polar surface area (TPSA) is 205 Å². The Kier molecular flexibility index (Phi) is 13.0. The molecule has 0 bridgehead atoms. The number of sulfonamides is 1. The van der Waals surface area contributed by atoms with Crippen molar-refractivity contribution in [2.45, 2.75) is 90.9 Å². The standard InChI is InChI=1S/C38H56N8O9S/c1-37(2,3)54-35(49)42-33(43-36(50)55-38(4,5)6)44-17-13-26(14-18-44)32(47)46-23-27(24-15-19-45(20-16-24)56(8,51)52)21-30(46)31-39-22-29(41-31)25-9-11-28(12-10-25)40-34(48)53-7/h9-12,22,24,26-27,30H,13-21,23H2,1-8H3,(H,39,41)(H,40,48)(H,42,43,49,50)/t27-,30-/m0/s1. The van der Waals surface area contributed by atoms with Gasteiger partial charge in [0.1, 0.15) is 17.0 Å². The molecular formula is C38H56N8O9S. The van der Waals surface area contributed by atoms with Crippen LogP contribution in [-0.4, -0.2) is 120 Å². The second-order valence-electron chi connectivity index (χ2n) is 16.7. The first kappa shape index (κ1) is 42.4. The Morgan fingerprint density at radius 2 is 1.50 bits per heavy atom. The molecule has 4 amide bonds. The number of aromatic nitrogens is 2. The number of likely N-dealkylation sites (tertiary alicyclic amines) is 2. The number of hydrogen-bond acceptors (Lipinski definition) is 10. The number of nitrogens with one attached hydrogen (secondary N) is 3. The summed E-state index contributed by atoms with van der Waals surface area (Å²) < 4.78 is 41.5. The second kappa shape index (κ2) is 17.2. The van der Waals surface area contributed by atoms with Crippen LogP contribution in [0.15, 0.2) is 35.5 Å². The summed E-state index contributed by atoms with van der Waals surface area (Å²) in [6.07, 6.45) is 3.77. The summed E-state index contributed by atoms with van der Waals surface area (Å²) in [5.74, 6) is 0.697. The number of carbonyl (C=O) groups excluding carboxylic acids is 4. The highest BCUT2D eigenvalue weighted by molar-refractivity contribution is 7.88. The van der Waals surface area contributed by atoms with Gasteiger partial charge in [0.25, 0.3) is 0 Å².